The Kier molecular flexibility index (Phi) is 6.51. The minimum atomic E-state index is -1.78. The number of hydrogen-bond acceptors (Lipinski definition) is 8. The standard InChI is InChI=1S/C18H26BrN3O7/c1-17(2,3)10-12(19)21-14(27-11(9-7-8-9)18(4,5)6)13(20-10)22(28-15(23)24)29-16(25)26/h9,11H,7-8H2,1-6H3,(H,23,24)(H,25,26). The molecular formula is C18H26BrN3O7. The van der Waals surface area contributed by atoms with Gasteiger partial charge in [-0.05, 0) is 40.1 Å². The second kappa shape index (κ2) is 8.21. The Bertz CT molecular complexity index is 769. The molecule has 1 aliphatic rings. The molecule has 1 heterocycles. The third-order valence-electron chi connectivity index (χ3n) is 4.15. The molecule has 2 N–H and O–H groups in total. The molecule has 0 spiro atoms. The van der Waals surface area contributed by atoms with Gasteiger partial charge in [0.25, 0.3) is 11.7 Å². The van der Waals surface area contributed by atoms with E-state index in [-0.39, 0.29) is 28.4 Å². The van der Waals surface area contributed by atoms with E-state index in [4.69, 9.17) is 14.9 Å². The van der Waals surface area contributed by atoms with Crippen molar-refractivity contribution in [2.45, 2.75) is 65.9 Å². The maximum Gasteiger partial charge on any atom is 0.533 e. The van der Waals surface area contributed by atoms with E-state index in [0.29, 0.717) is 16.2 Å². The Balaban J connectivity index is 2.59. The molecule has 10 nitrogen and oxygen atoms in total. The van der Waals surface area contributed by atoms with Crippen molar-refractivity contribution >= 4 is 34.1 Å². The lowest BCUT2D eigenvalue weighted by atomic mass is 9.86. The van der Waals surface area contributed by atoms with Gasteiger partial charge in [-0.25, -0.2) is 19.6 Å². The molecule has 1 saturated carbocycles. The Labute approximate surface area is 177 Å². The largest absolute Gasteiger partial charge is 0.533 e. The number of hydrogen-bond donors (Lipinski definition) is 2. The van der Waals surface area contributed by atoms with Gasteiger partial charge in [0.15, 0.2) is 0 Å². The van der Waals surface area contributed by atoms with Crippen LogP contribution in [0, 0.1) is 11.3 Å². The lowest BCUT2D eigenvalue weighted by Gasteiger charge is -2.32. The molecule has 29 heavy (non-hydrogen) atoms. The number of carboxylic acid groups (broad SMARTS) is 2. The number of aromatic nitrogens is 2. The molecule has 0 amide bonds. The van der Waals surface area contributed by atoms with E-state index in [1.54, 1.807) is 0 Å². The zero-order valence-electron chi connectivity index (χ0n) is 17.2. The predicted octanol–water partition coefficient (Wildman–Crippen LogP) is 4.77. The SMILES string of the molecule is CC(C)(C)c1nc(N(OC(=O)O)OC(=O)O)c(OC(C2CC2)C(C)(C)C)nc1Br. The number of carbonyl (C=O) groups is 2. The molecule has 0 aliphatic heterocycles. The summed E-state index contributed by atoms with van der Waals surface area (Å²) in [6.07, 6.45) is -1.83. The molecule has 162 valence electrons. The first-order valence-corrected chi connectivity index (χ1v) is 9.86. The fraction of sp³-hybridized carbons (Fsp3) is 0.667. The van der Waals surface area contributed by atoms with E-state index in [1.165, 1.54) is 0 Å². The van der Waals surface area contributed by atoms with E-state index in [1.807, 2.05) is 41.5 Å². The normalized spacial score (nSPS) is 15.4. The number of anilines is 1. The molecule has 1 unspecified atom stereocenters. The second-order valence-corrected chi connectivity index (χ2v) is 9.71. The predicted molar refractivity (Wildman–Crippen MR) is 106 cm³/mol. The average Bonchev–Trinajstić information content (AvgIpc) is 3.33. The Morgan fingerprint density at radius 3 is 1.97 bits per heavy atom. The van der Waals surface area contributed by atoms with Gasteiger partial charge < -0.3 is 14.9 Å². The van der Waals surface area contributed by atoms with Crippen LogP contribution in [0.25, 0.3) is 0 Å². The highest BCUT2D eigenvalue weighted by Crippen LogP contribution is 2.44. The second-order valence-electron chi connectivity index (χ2n) is 8.96. The van der Waals surface area contributed by atoms with Gasteiger partial charge in [-0.1, -0.05) is 41.5 Å². The Hall–Kier alpha value is -2.30. The van der Waals surface area contributed by atoms with E-state index < -0.39 is 17.7 Å². The van der Waals surface area contributed by atoms with Gasteiger partial charge in [-0.2, -0.15) is 0 Å². The summed E-state index contributed by atoms with van der Waals surface area (Å²) in [6, 6.07) is 0. The van der Waals surface area contributed by atoms with Crippen LogP contribution in [-0.4, -0.2) is 38.6 Å². The lowest BCUT2D eigenvalue weighted by Crippen LogP contribution is -2.36. The van der Waals surface area contributed by atoms with Crippen LogP contribution in [0.5, 0.6) is 5.88 Å². The number of ether oxygens (including phenoxy) is 1. The van der Waals surface area contributed by atoms with Gasteiger partial charge in [-0.15, -0.1) is 0 Å². The maximum atomic E-state index is 11.1. The lowest BCUT2D eigenvalue weighted by molar-refractivity contribution is -0.0487. The van der Waals surface area contributed by atoms with Crippen LogP contribution in [0.15, 0.2) is 4.60 Å². The van der Waals surface area contributed by atoms with Crippen LogP contribution in [0.4, 0.5) is 15.4 Å². The van der Waals surface area contributed by atoms with E-state index >= 15 is 0 Å². The summed E-state index contributed by atoms with van der Waals surface area (Å²) in [5, 5.41) is 18.2. The van der Waals surface area contributed by atoms with Crippen molar-refractivity contribution in [2.75, 3.05) is 5.23 Å². The Morgan fingerprint density at radius 1 is 1.07 bits per heavy atom. The molecule has 1 fully saturated rings. The summed E-state index contributed by atoms with van der Waals surface area (Å²) >= 11 is 3.37. The highest BCUT2D eigenvalue weighted by atomic mass is 79.9. The highest BCUT2D eigenvalue weighted by Gasteiger charge is 2.42. The smallest absolute Gasteiger partial charge is 0.471 e. The first kappa shape index (κ1) is 23.0. The van der Waals surface area contributed by atoms with Gasteiger partial charge in [-0.3, -0.25) is 9.68 Å². The molecular weight excluding hydrogens is 450 g/mol. The summed E-state index contributed by atoms with van der Waals surface area (Å²) < 4.78 is 6.52. The minimum absolute atomic E-state index is 0.0980. The van der Waals surface area contributed by atoms with Crippen molar-refractivity contribution in [1.82, 2.24) is 9.97 Å². The summed E-state index contributed by atoms with van der Waals surface area (Å²) in [7, 11) is 0. The van der Waals surface area contributed by atoms with Crippen molar-refractivity contribution in [2.24, 2.45) is 11.3 Å². The maximum absolute atomic E-state index is 11.1. The van der Waals surface area contributed by atoms with Crippen LogP contribution >= 0.6 is 15.9 Å². The molecule has 1 atom stereocenters. The fourth-order valence-corrected chi connectivity index (χ4v) is 3.66. The van der Waals surface area contributed by atoms with Gasteiger partial charge in [0, 0.05) is 10.6 Å². The third-order valence-corrected chi connectivity index (χ3v) is 4.70. The quantitative estimate of drug-likeness (QED) is 0.554. The molecule has 1 aliphatic carbocycles. The molecule has 0 radical (unpaired) electrons. The number of halogens is 1. The van der Waals surface area contributed by atoms with E-state index in [0.717, 1.165) is 12.8 Å². The zero-order valence-corrected chi connectivity index (χ0v) is 18.8. The van der Waals surface area contributed by atoms with Crippen LogP contribution < -0.4 is 9.96 Å². The monoisotopic (exact) mass is 475 g/mol. The van der Waals surface area contributed by atoms with E-state index in [2.05, 4.69) is 35.6 Å². The summed E-state index contributed by atoms with van der Waals surface area (Å²) in [5.41, 5.74) is -0.315. The van der Waals surface area contributed by atoms with Crippen LogP contribution in [0.1, 0.15) is 60.1 Å². The molecule has 11 heteroatoms. The van der Waals surface area contributed by atoms with Gasteiger partial charge >= 0.3 is 12.3 Å². The molecule has 1 aromatic rings. The summed E-state index contributed by atoms with van der Waals surface area (Å²) in [4.78, 5) is 39.9. The van der Waals surface area contributed by atoms with Crippen LogP contribution in [0.2, 0.25) is 0 Å². The number of nitrogens with zero attached hydrogens (tertiary/aromatic N) is 3. The van der Waals surface area contributed by atoms with Crippen molar-refractivity contribution < 1.29 is 34.2 Å². The van der Waals surface area contributed by atoms with E-state index in [9.17, 15) is 9.59 Å². The Morgan fingerprint density at radius 2 is 1.59 bits per heavy atom. The van der Waals surface area contributed by atoms with Gasteiger partial charge in [0.2, 0.25) is 0 Å². The first-order valence-electron chi connectivity index (χ1n) is 9.06. The molecule has 0 aromatic carbocycles. The summed E-state index contributed by atoms with van der Waals surface area (Å²) in [5.74, 6) is -0.100. The van der Waals surface area contributed by atoms with Crippen molar-refractivity contribution in [3.05, 3.63) is 10.3 Å². The zero-order chi connectivity index (χ0) is 22.1. The van der Waals surface area contributed by atoms with Crippen molar-refractivity contribution in [3.8, 4) is 5.88 Å². The van der Waals surface area contributed by atoms with Crippen LogP contribution in [-0.2, 0) is 15.1 Å². The fourth-order valence-electron chi connectivity index (χ4n) is 2.81. The topological polar surface area (TPSA) is 131 Å². The third kappa shape index (κ3) is 6.09. The molecule has 0 saturated heterocycles. The van der Waals surface area contributed by atoms with Gasteiger partial charge in [0.1, 0.15) is 10.7 Å². The van der Waals surface area contributed by atoms with Gasteiger partial charge in [0.05, 0.1) is 5.69 Å². The highest BCUT2D eigenvalue weighted by molar-refractivity contribution is 9.10. The molecule has 0 bridgehead atoms. The van der Waals surface area contributed by atoms with Crippen molar-refractivity contribution in [1.29, 1.82) is 0 Å². The van der Waals surface area contributed by atoms with Crippen LogP contribution in [0.3, 0.4) is 0 Å². The first-order chi connectivity index (χ1) is 13.2. The average molecular weight is 476 g/mol. The summed E-state index contributed by atoms with van der Waals surface area (Å²) in [6.45, 7) is 11.7. The molecule has 1 aromatic heterocycles. The molecule has 2 rings (SSSR count). The van der Waals surface area contributed by atoms with Crippen molar-refractivity contribution in [3.63, 3.8) is 0 Å². The minimum Gasteiger partial charge on any atom is -0.471 e. The number of rotatable bonds is 6.